The van der Waals surface area contributed by atoms with Gasteiger partial charge < -0.3 is 15.1 Å². The number of aliphatic hydroxyl groups is 1. The van der Waals surface area contributed by atoms with Crippen molar-refractivity contribution >= 4 is 23.3 Å². The van der Waals surface area contributed by atoms with Crippen LogP contribution in [0.25, 0.3) is 0 Å². The summed E-state index contributed by atoms with van der Waals surface area (Å²) in [7, 11) is 0. The summed E-state index contributed by atoms with van der Waals surface area (Å²) in [6.45, 7) is 2.42. The molecule has 0 saturated heterocycles. The average Bonchev–Trinajstić information content (AvgIpc) is 2.98. The van der Waals surface area contributed by atoms with Gasteiger partial charge in [0.15, 0.2) is 11.5 Å². The lowest BCUT2D eigenvalue weighted by molar-refractivity contribution is -0.129. The van der Waals surface area contributed by atoms with Gasteiger partial charge >= 0.3 is 0 Å². The van der Waals surface area contributed by atoms with E-state index in [0.717, 1.165) is 18.4 Å². The molecule has 1 unspecified atom stereocenters. The number of amides is 1. The zero-order valence-corrected chi connectivity index (χ0v) is 17.0. The number of unbranched alkanes of at least 4 members (excludes halogenated alkanes) is 1. The predicted molar refractivity (Wildman–Crippen MR) is 112 cm³/mol. The van der Waals surface area contributed by atoms with Gasteiger partial charge in [-0.15, -0.1) is 0 Å². The summed E-state index contributed by atoms with van der Waals surface area (Å²) in [6.07, 6.45) is 2.31. The van der Waals surface area contributed by atoms with Crippen LogP contribution in [-0.2, 0) is 16.0 Å². The van der Waals surface area contributed by atoms with Gasteiger partial charge in [-0.3, -0.25) is 9.59 Å². The van der Waals surface area contributed by atoms with E-state index < -0.39 is 17.7 Å². The second-order valence-electron chi connectivity index (χ2n) is 7.14. The molecule has 2 N–H and O–H groups in total. The van der Waals surface area contributed by atoms with Gasteiger partial charge in [-0.05, 0) is 36.1 Å². The highest BCUT2D eigenvalue weighted by Crippen LogP contribution is 2.40. The fraction of sp³-hybridized carbons (Fsp3) is 0.304. The van der Waals surface area contributed by atoms with E-state index in [4.69, 9.17) is 11.6 Å². The first-order valence-electron chi connectivity index (χ1n) is 9.73. The summed E-state index contributed by atoms with van der Waals surface area (Å²) in [5.74, 6) is -1.39. The van der Waals surface area contributed by atoms with Crippen LogP contribution in [0.2, 0.25) is 5.02 Å². The molecule has 0 saturated carbocycles. The molecule has 1 aliphatic heterocycles. The third kappa shape index (κ3) is 4.46. The maximum absolute atomic E-state index is 13.1. The molecule has 1 atom stereocenters. The molecule has 1 amide bonds. The monoisotopic (exact) mass is 413 g/mol. The lowest BCUT2D eigenvalue weighted by Gasteiger charge is -2.27. The first-order chi connectivity index (χ1) is 13.9. The predicted octanol–water partition coefficient (Wildman–Crippen LogP) is 4.74. The number of rotatable bonds is 8. The van der Waals surface area contributed by atoms with E-state index in [1.54, 1.807) is 6.07 Å². The lowest BCUT2D eigenvalue weighted by atomic mass is 9.93. The van der Waals surface area contributed by atoms with E-state index in [9.17, 15) is 19.8 Å². The molecular weight excluding hydrogens is 390 g/mol. The molecule has 1 heterocycles. The summed E-state index contributed by atoms with van der Waals surface area (Å²) in [5.41, 5.74) is 1.70. The number of phenolic OH excluding ortho intramolecular Hbond substituents is 1. The summed E-state index contributed by atoms with van der Waals surface area (Å²) >= 11 is 6.07. The number of halogens is 1. The number of benzene rings is 2. The number of hydrogen-bond donors (Lipinski definition) is 2. The third-order valence-corrected chi connectivity index (χ3v) is 5.43. The molecule has 2 aromatic carbocycles. The van der Waals surface area contributed by atoms with Crippen molar-refractivity contribution in [2.45, 2.75) is 38.6 Å². The van der Waals surface area contributed by atoms with Crippen molar-refractivity contribution in [1.29, 1.82) is 0 Å². The Bertz CT molecular complexity index is 939. The number of aryl methyl sites for hydroxylation is 1. The minimum absolute atomic E-state index is 0.0787. The Balaban J connectivity index is 1.93. The van der Waals surface area contributed by atoms with Gasteiger partial charge in [0.25, 0.3) is 5.91 Å². The van der Waals surface area contributed by atoms with Crippen LogP contribution in [0.5, 0.6) is 5.75 Å². The average molecular weight is 414 g/mol. The van der Waals surface area contributed by atoms with E-state index in [1.165, 1.54) is 17.0 Å². The molecule has 1 aliphatic rings. The molecule has 0 bridgehead atoms. The number of ketones is 1. The van der Waals surface area contributed by atoms with Gasteiger partial charge in [0.05, 0.1) is 16.6 Å². The fourth-order valence-electron chi connectivity index (χ4n) is 3.57. The Labute approximate surface area is 175 Å². The van der Waals surface area contributed by atoms with Crippen molar-refractivity contribution in [3.63, 3.8) is 0 Å². The van der Waals surface area contributed by atoms with Crippen molar-refractivity contribution in [3.05, 3.63) is 76.0 Å². The SMILES string of the molecule is CCCCN1C(=O)C(O)=C(C(=O)CCc2ccccc2)C1c1ccc(O)c(Cl)c1. The van der Waals surface area contributed by atoms with E-state index in [0.29, 0.717) is 18.5 Å². The van der Waals surface area contributed by atoms with E-state index >= 15 is 0 Å². The van der Waals surface area contributed by atoms with E-state index in [2.05, 4.69) is 0 Å². The molecule has 2 aromatic rings. The number of phenols is 1. The highest BCUT2D eigenvalue weighted by Gasteiger charge is 2.42. The Hall–Kier alpha value is -2.79. The Morgan fingerprint density at radius 1 is 1.14 bits per heavy atom. The van der Waals surface area contributed by atoms with Gasteiger partial charge in [0.1, 0.15) is 5.75 Å². The molecule has 6 heteroatoms. The van der Waals surface area contributed by atoms with Crippen LogP contribution in [0, 0.1) is 0 Å². The maximum atomic E-state index is 13.1. The van der Waals surface area contributed by atoms with E-state index in [-0.39, 0.29) is 28.5 Å². The summed E-state index contributed by atoms with van der Waals surface area (Å²) in [4.78, 5) is 27.3. The smallest absolute Gasteiger partial charge is 0.290 e. The van der Waals surface area contributed by atoms with Crippen LogP contribution in [0.3, 0.4) is 0 Å². The normalized spacial score (nSPS) is 16.6. The maximum Gasteiger partial charge on any atom is 0.290 e. The molecule has 3 rings (SSSR count). The van der Waals surface area contributed by atoms with Gasteiger partial charge in [-0.1, -0.05) is 61.3 Å². The van der Waals surface area contributed by atoms with Gasteiger partial charge in [0.2, 0.25) is 0 Å². The number of aliphatic hydroxyl groups excluding tert-OH is 1. The second kappa shape index (κ2) is 9.14. The first kappa shape index (κ1) is 20.9. The highest BCUT2D eigenvalue weighted by molar-refractivity contribution is 6.32. The van der Waals surface area contributed by atoms with Crippen LogP contribution in [0.4, 0.5) is 0 Å². The van der Waals surface area contributed by atoms with Crippen LogP contribution < -0.4 is 0 Å². The van der Waals surface area contributed by atoms with Crippen LogP contribution in [-0.4, -0.2) is 33.3 Å². The Morgan fingerprint density at radius 2 is 1.86 bits per heavy atom. The summed E-state index contributed by atoms with van der Waals surface area (Å²) < 4.78 is 0. The minimum atomic E-state index is -0.713. The van der Waals surface area contributed by atoms with Crippen molar-refractivity contribution in [2.24, 2.45) is 0 Å². The number of Topliss-reactive ketones (excluding diaryl/α,β-unsaturated/α-hetero) is 1. The molecule has 152 valence electrons. The first-order valence-corrected chi connectivity index (χ1v) is 10.1. The van der Waals surface area contributed by atoms with Crippen LogP contribution >= 0.6 is 11.6 Å². The number of nitrogens with zero attached hydrogens (tertiary/aromatic N) is 1. The molecule has 0 spiro atoms. The zero-order chi connectivity index (χ0) is 21.0. The van der Waals surface area contributed by atoms with Crippen molar-refractivity contribution in [1.82, 2.24) is 4.90 Å². The Morgan fingerprint density at radius 3 is 2.52 bits per heavy atom. The van der Waals surface area contributed by atoms with Crippen molar-refractivity contribution in [3.8, 4) is 5.75 Å². The number of carbonyl (C=O) groups excluding carboxylic acids is 2. The quantitative estimate of drug-likeness (QED) is 0.655. The number of aromatic hydroxyl groups is 1. The highest BCUT2D eigenvalue weighted by atomic mass is 35.5. The van der Waals surface area contributed by atoms with E-state index in [1.807, 2.05) is 37.3 Å². The largest absolute Gasteiger partial charge is 0.506 e. The number of hydrogen-bond acceptors (Lipinski definition) is 4. The van der Waals surface area contributed by atoms with Crippen LogP contribution in [0.15, 0.2) is 59.9 Å². The molecule has 0 aliphatic carbocycles. The molecular formula is C23H24ClNO4. The summed E-state index contributed by atoms with van der Waals surface area (Å²) in [5, 5.41) is 20.4. The summed E-state index contributed by atoms with van der Waals surface area (Å²) in [6, 6.07) is 13.5. The molecule has 0 aromatic heterocycles. The lowest BCUT2D eigenvalue weighted by Crippen LogP contribution is -2.32. The van der Waals surface area contributed by atoms with Crippen LogP contribution in [0.1, 0.15) is 43.4 Å². The Kier molecular flexibility index (Phi) is 6.60. The molecule has 0 fully saturated rings. The second-order valence-corrected chi connectivity index (χ2v) is 7.54. The van der Waals surface area contributed by atoms with Crippen molar-refractivity contribution in [2.75, 3.05) is 6.54 Å². The van der Waals surface area contributed by atoms with Gasteiger partial charge in [0, 0.05) is 13.0 Å². The van der Waals surface area contributed by atoms with Crippen molar-refractivity contribution < 1.29 is 19.8 Å². The molecule has 5 nitrogen and oxygen atoms in total. The fourth-order valence-corrected chi connectivity index (χ4v) is 3.76. The topological polar surface area (TPSA) is 77.8 Å². The molecule has 0 radical (unpaired) electrons. The van der Waals surface area contributed by atoms with Gasteiger partial charge in [-0.25, -0.2) is 0 Å². The third-order valence-electron chi connectivity index (χ3n) is 5.13. The standard InChI is InChI=1S/C23H24ClNO4/c1-2-3-13-25-21(16-10-12-18(26)17(24)14-16)20(22(28)23(25)29)19(27)11-9-15-7-5-4-6-8-15/h4-8,10,12,14,21,26,28H,2-3,9,11,13H2,1H3. The van der Waals surface area contributed by atoms with Gasteiger partial charge in [-0.2, -0.15) is 0 Å². The molecule has 29 heavy (non-hydrogen) atoms. The number of carbonyl (C=O) groups is 2. The zero-order valence-electron chi connectivity index (χ0n) is 16.3. The minimum Gasteiger partial charge on any atom is -0.506 e.